The molecule has 0 saturated carbocycles. The van der Waals surface area contributed by atoms with Crippen LogP contribution < -0.4 is 10.5 Å². The molecule has 0 aliphatic carbocycles. The smallest absolute Gasteiger partial charge is 0.244 e. The van der Waals surface area contributed by atoms with Crippen LogP contribution in [0.2, 0.25) is 0 Å². The molecule has 0 bridgehead atoms. The standard InChI is InChI=1S/C10H14N4O2S2/c11-3-4-14-8-10(7-12-14)18(15,16)13-6-9-2-1-5-17-9/h1-2,5,7-8,13H,3-4,6,11H2. The second-order valence-electron chi connectivity index (χ2n) is 3.63. The SMILES string of the molecule is NCCn1cc(S(=O)(=O)NCc2cccs2)cn1. The average Bonchev–Trinajstić information content (AvgIpc) is 2.98. The van der Waals surface area contributed by atoms with E-state index in [1.165, 1.54) is 28.4 Å². The Bertz CT molecular complexity index is 589. The van der Waals surface area contributed by atoms with Gasteiger partial charge in [-0.1, -0.05) is 6.07 Å². The molecule has 0 radical (unpaired) electrons. The summed E-state index contributed by atoms with van der Waals surface area (Å²) in [6.45, 7) is 1.21. The molecule has 2 rings (SSSR count). The maximum absolute atomic E-state index is 12.0. The highest BCUT2D eigenvalue weighted by molar-refractivity contribution is 7.89. The third kappa shape index (κ3) is 3.16. The van der Waals surface area contributed by atoms with Crippen molar-refractivity contribution in [2.24, 2.45) is 5.73 Å². The largest absolute Gasteiger partial charge is 0.329 e. The monoisotopic (exact) mass is 286 g/mol. The molecule has 2 aromatic heterocycles. The molecule has 0 atom stereocenters. The molecule has 0 aromatic carbocycles. The summed E-state index contributed by atoms with van der Waals surface area (Å²) in [6, 6.07) is 3.76. The summed E-state index contributed by atoms with van der Waals surface area (Å²) in [5, 5.41) is 5.84. The molecule has 2 aromatic rings. The Hall–Kier alpha value is -1.22. The lowest BCUT2D eigenvalue weighted by Crippen LogP contribution is -2.22. The number of hydrogen-bond donors (Lipinski definition) is 2. The van der Waals surface area contributed by atoms with Crippen LogP contribution in [0, 0.1) is 0 Å². The topological polar surface area (TPSA) is 90.0 Å². The molecular weight excluding hydrogens is 272 g/mol. The van der Waals surface area contributed by atoms with Crippen LogP contribution in [0.3, 0.4) is 0 Å². The van der Waals surface area contributed by atoms with Gasteiger partial charge < -0.3 is 5.73 Å². The van der Waals surface area contributed by atoms with Gasteiger partial charge in [0.1, 0.15) is 4.90 Å². The summed E-state index contributed by atoms with van der Waals surface area (Å²) in [6.07, 6.45) is 2.80. The Morgan fingerprint density at radius 2 is 2.33 bits per heavy atom. The van der Waals surface area contributed by atoms with Gasteiger partial charge in [-0.25, -0.2) is 13.1 Å². The van der Waals surface area contributed by atoms with Crippen molar-refractivity contribution in [1.82, 2.24) is 14.5 Å². The zero-order chi connectivity index (χ0) is 13.0. The van der Waals surface area contributed by atoms with Crippen LogP contribution in [0.5, 0.6) is 0 Å². The average molecular weight is 286 g/mol. The maximum Gasteiger partial charge on any atom is 0.244 e. The van der Waals surface area contributed by atoms with E-state index in [1.54, 1.807) is 0 Å². The lowest BCUT2D eigenvalue weighted by atomic mass is 10.5. The lowest BCUT2D eigenvalue weighted by molar-refractivity contribution is 0.580. The van der Waals surface area contributed by atoms with Gasteiger partial charge in [0, 0.05) is 24.2 Å². The number of sulfonamides is 1. The molecule has 0 spiro atoms. The van der Waals surface area contributed by atoms with Crippen molar-refractivity contribution in [2.75, 3.05) is 6.54 Å². The number of thiophene rings is 1. The van der Waals surface area contributed by atoms with Gasteiger partial charge in [-0.15, -0.1) is 11.3 Å². The molecule has 2 heterocycles. The fraction of sp³-hybridized carbons (Fsp3) is 0.300. The Kier molecular flexibility index (Phi) is 4.12. The van der Waals surface area contributed by atoms with Crippen LogP contribution in [0.15, 0.2) is 34.8 Å². The van der Waals surface area contributed by atoms with Gasteiger partial charge in [0.15, 0.2) is 0 Å². The minimum Gasteiger partial charge on any atom is -0.329 e. The minimum absolute atomic E-state index is 0.160. The number of hydrogen-bond acceptors (Lipinski definition) is 5. The Labute approximate surface area is 109 Å². The summed E-state index contributed by atoms with van der Waals surface area (Å²) < 4.78 is 28.0. The first-order valence-corrected chi connectivity index (χ1v) is 7.72. The first-order valence-electron chi connectivity index (χ1n) is 5.36. The van der Waals surface area contributed by atoms with E-state index in [0.717, 1.165) is 4.88 Å². The van der Waals surface area contributed by atoms with Gasteiger partial charge in [0.25, 0.3) is 0 Å². The minimum atomic E-state index is -3.50. The van der Waals surface area contributed by atoms with Crippen molar-refractivity contribution < 1.29 is 8.42 Å². The van der Waals surface area contributed by atoms with Crippen molar-refractivity contribution in [2.45, 2.75) is 18.0 Å². The number of nitrogens with one attached hydrogen (secondary N) is 1. The molecular formula is C10H14N4O2S2. The zero-order valence-corrected chi connectivity index (χ0v) is 11.2. The second kappa shape index (κ2) is 5.61. The normalized spacial score (nSPS) is 11.8. The zero-order valence-electron chi connectivity index (χ0n) is 9.61. The number of nitrogens with zero attached hydrogens (tertiary/aromatic N) is 2. The Morgan fingerprint density at radius 1 is 1.50 bits per heavy atom. The van der Waals surface area contributed by atoms with E-state index in [2.05, 4.69) is 9.82 Å². The highest BCUT2D eigenvalue weighted by Gasteiger charge is 2.16. The third-order valence-corrected chi connectivity index (χ3v) is 4.53. The fourth-order valence-electron chi connectivity index (χ4n) is 1.40. The third-order valence-electron chi connectivity index (χ3n) is 2.29. The molecule has 3 N–H and O–H groups in total. The highest BCUT2D eigenvalue weighted by atomic mass is 32.2. The predicted octanol–water partition coefficient (Wildman–Crippen LogP) is 0.382. The van der Waals surface area contributed by atoms with Gasteiger partial charge in [-0.2, -0.15) is 5.10 Å². The van der Waals surface area contributed by atoms with Crippen molar-refractivity contribution >= 4 is 21.4 Å². The van der Waals surface area contributed by atoms with E-state index >= 15 is 0 Å². The molecule has 0 aliphatic heterocycles. The molecule has 8 heteroatoms. The lowest BCUT2D eigenvalue weighted by Gasteiger charge is -2.02. The first-order chi connectivity index (χ1) is 8.62. The predicted molar refractivity (Wildman–Crippen MR) is 69.6 cm³/mol. The van der Waals surface area contributed by atoms with Gasteiger partial charge in [-0.05, 0) is 11.4 Å². The van der Waals surface area contributed by atoms with Crippen LogP contribution in [0.25, 0.3) is 0 Å². The van der Waals surface area contributed by atoms with Crippen LogP contribution in [0.1, 0.15) is 4.88 Å². The van der Waals surface area contributed by atoms with Gasteiger partial charge >= 0.3 is 0 Å². The molecule has 18 heavy (non-hydrogen) atoms. The van der Waals surface area contributed by atoms with Crippen molar-refractivity contribution in [3.05, 3.63) is 34.8 Å². The van der Waals surface area contributed by atoms with Crippen LogP contribution in [-0.2, 0) is 23.1 Å². The number of nitrogens with two attached hydrogens (primary N) is 1. The molecule has 0 fully saturated rings. The van der Waals surface area contributed by atoms with Gasteiger partial charge in [-0.3, -0.25) is 4.68 Å². The van der Waals surface area contributed by atoms with Crippen molar-refractivity contribution in [3.63, 3.8) is 0 Å². The summed E-state index contributed by atoms with van der Waals surface area (Å²) in [7, 11) is -3.50. The Morgan fingerprint density at radius 3 is 3.00 bits per heavy atom. The van der Waals surface area contributed by atoms with Crippen molar-refractivity contribution in [1.29, 1.82) is 0 Å². The van der Waals surface area contributed by atoms with Gasteiger partial charge in [0.05, 0.1) is 12.7 Å². The molecule has 98 valence electrons. The molecule has 0 amide bonds. The summed E-state index contributed by atoms with van der Waals surface area (Å²) in [5.41, 5.74) is 5.38. The van der Waals surface area contributed by atoms with Gasteiger partial charge in [0.2, 0.25) is 10.0 Å². The van der Waals surface area contributed by atoms with E-state index in [9.17, 15) is 8.42 Å². The number of rotatable bonds is 6. The molecule has 0 saturated heterocycles. The van der Waals surface area contributed by atoms with Crippen LogP contribution in [0.4, 0.5) is 0 Å². The first kappa shape index (κ1) is 13.2. The summed E-state index contributed by atoms with van der Waals surface area (Å²) >= 11 is 1.51. The van der Waals surface area contributed by atoms with Crippen LogP contribution in [-0.4, -0.2) is 24.7 Å². The fourth-order valence-corrected chi connectivity index (χ4v) is 3.10. The summed E-state index contributed by atoms with van der Waals surface area (Å²) in [4.78, 5) is 1.13. The maximum atomic E-state index is 12.0. The highest BCUT2D eigenvalue weighted by Crippen LogP contribution is 2.11. The van der Waals surface area contributed by atoms with Crippen molar-refractivity contribution in [3.8, 4) is 0 Å². The molecule has 0 aliphatic rings. The number of aromatic nitrogens is 2. The van der Waals surface area contributed by atoms with Crippen LogP contribution >= 0.6 is 11.3 Å². The Balaban J connectivity index is 2.05. The van der Waals surface area contributed by atoms with E-state index in [4.69, 9.17) is 5.73 Å². The molecule has 0 unspecified atom stereocenters. The van der Waals surface area contributed by atoms with E-state index < -0.39 is 10.0 Å². The second-order valence-corrected chi connectivity index (χ2v) is 6.43. The summed E-state index contributed by atoms with van der Waals surface area (Å²) in [5.74, 6) is 0. The molecule has 6 nitrogen and oxygen atoms in total. The van der Waals surface area contributed by atoms with E-state index in [1.807, 2.05) is 17.5 Å². The van der Waals surface area contributed by atoms with E-state index in [-0.39, 0.29) is 4.90 Å². The van der Waals surface area contributed by atoms with E-state index in [0.29, 0.717) is 19.6 Å². The quantitative estimate of drug-likeness (QED) is 0.803.